The highest BCUT2D eigenvalue weighted by atomic mass is 19.1. The van der Waals surface area contributed by atoms with E-state index in [9.17, 15) is 9.65 Å². The maximum absolute atomic E-state index is 14.3. The van der Waals surface area contributed by atoms with E-state index in [4.69, 9.17) is 0 Å². The summed E-state index contributed by atoms with van der Waals surface area (Å²) in [7, 11) is 0. The lowest BCUT2D eigenvalue weighted by Crippen LogP contribution is -2.36. The number of benzene rings is 1. The zero-order chi connectivity index (χ0) is 20.7. The van der Waals surface area contributed by atoms with Crippen molar-refractivity contribution in [1.29, 1.82) is 5.26 Å². The van der Waals surface area contributed by atoms with Crippen molar-refractivity contribution in [1.82, 2.24) is 19.7 Å². The van der Waals surface area contributed by atoms with Gasteiger partial charge in [0.15, 0.2) is 0 Å². The molecule has 154 valence electrons. The van der Waals surface area contributed by atoms with Gasteiger partial charge in [0.25, 0.3) is 0 Å². The highest BCUT2D eigenvalue weighted by molar-refractivity contribution is 5.96. The van der Waals surface area contributed by atoms with Crippen LogP contribution in [0.5, 0.6) is 0 Å². The number of piperidine rings is 1. The van der Waals surface area contributed by atoms with Gasteiger partial charge in [0, 0.05) is 43.6 Å². The van der Waals surface area contributed by atoms with E-state index in [0.29, 0.717) is 10.9 Å². The molecule has 1 fully saturated rings. The van der Waals surface area contributed by atoms with Crippen molar-refractivity contribution in [3.8, 4) is 6.07 Å². The number of hydrogen-bond acceptors (Lipinski definition) is 5. The number of fused-ring (bicyclic) bond motifs is 2. The molecule has 2 aliphatic heterocycles. The molecule has 0 saturated carbocycles. The average molecular weight is 404 g/mol. The minimum Gasteiger partial charge on any atom is -0.369 e. The third kappa shape index (κ3) is 3.20. The van der Waals surface area contributed by atoms with Crippen molar-refractivity contribution in [2.24, 2.45) is 0 Å². The van der Waals surface area contributed by atoms with Crippen molar-refractivity contribution in [2.45, 2.75) is 57.9 Å². The summed E-state index contributed by atoms with van der Waals surface area (Å²) in [5, 5.41) is 19.5. The molecule has 1 unspecified atom stereocenters. The molecule has 1 saturated heterocycles. The number of nitrogens with zero attached hydrogens (tertiary/aromatic N) is 6. The first-order chi connectivity index (χ1) is 14.7. The van der Waals surface area contributed by atoms with Crippen LogP contribution in [0.15, 0.2) is 18.3 Å². The van der Waals surface area contributed by atoms with Crippen LogP contribution >= 0.6 is 0 Å². The molecule has 3 aromatic rings. The SMILES string of the molecule is Cc1cc(F)cc2c(N3CCCC(c4nnc5n4CCCCC5)C3)c(C#N)cnc12. The van der Waals surface area contributed by atoms with Crippen LogP contribution < -0.4 is 4.90 Å². The second-order valence-corrected chi connectivity index (χ2v) is 8.47. The van der Waals surface area contributed by atoms with E-state index in [1.165, 1.54) is 31.4 Å². The van der Waals surface area contributed by atoms with Crippen LogP contribution in [0.25, 0.3) is 10.9 Å². The molecule has 0 aliphatic carbocycles. The average Bonchev–Trinajstić information content (AvgIpc) is 3.01. The Morgan fingerprint density at radius 3 is 2.90 bits per heavy atom. The molecule has 1 atom stereocenters. The molecule has 0 N–H and O–H groups in total. The Morgan fingerprint density at radius 2 is 2.03 bits per heavy atom. The lowest BCUT2D eigenvalue weighted by molar-refractivity contribution is 0.466. The monoisotopic (exact) mass is 404 g/mol. The maximum atomic E-state index is 14.3. The fraction of sp³-hybridized carbons (Fsp3) is 0.478. The second-order valence-electron chi connectivity index (χ2n) is 8.47. The fourth-order valence-electron chi connectivity index (χ4n) is 5.05. The number of nitriles is 1. The van der Waals surface area contributed by atoms with Gasteiger partial charge in [-0.1, -0.05) is 6.42 Å². The Bertz CT molecular complexity index is 1140. The summed E-state index contributed by atoms with van der Waals surface area (Å²) < 4.78 is 16.6. The molecule has 1 aromatic carbocycles. The predicted molar refractivity (Wildman–Crippen MR) is 113 cm³/mol. The first-order valence-electron chi connectivity index (χ1n) is 10.8. The van der Waals surface area contributed by atoms with Gasteiger partial charge in [-0.3, -0.25) is 4.98 Å². The molecule has 4 heterocycles. The summed E-state index contributed by atoms with van der Waals surface area (Å²) in [5.41, 5.74) is 2.83. The van der Waals surface area contributed by atoms with Gasteiger partial charge in [-0.05, 0) is 50.3 Å². The van der Waals surface area contributed by atoms with Crippen LogP contribution in [-0.2, 0) is 13.0 Å². The smallest absolute Gasteiger partial charge is 0.137 e. The quantitative estimate of drug-likeness (QED) is 0.638. The van der Waals surface area contributed by atoms with E-state index >= 15 is 0 Å². The minimum atomic E-state index is -0.297. The van der Waals surface area contributed by atoms with Crippen LogP contribution in [0.1, 0.15) is 60.8 Å². The second kappa shape index (κ2) is 7.67. The fourth-order valence-corrected chi connectivity index (χ4v) is 5.05. The number of aromatic nitrogens is 4. The van der Waals surface area contributed by atoms with Gasteiger partial charge in [-0.2, -0.15) is 5.26 Å². The van der Waals surface area contributed by atoms with Gasteiger partial charge in [0.2, 0.25) is 0 Å². The van der Waals surface area contributed by atoms with Crippen molar-refractivity contribution in [3.05, 3.63) is 46.9 Å². The van der Waals surface area contributed by atoms with Crippen LogP contribution in [0.2, 0.25) is 0 Å². The molecule has 0 radical (unpaired) electrons. The Morgan fingerprint density at radius 1 is 1.13 bits per heavy atom. The number of rotatable bonds is 2. The van der Waals surface area contributed by atoms with Gasteiger partial charge < -0.3 is 9.47 Å². The van der Waals surface area contributed by atoms with Crippen molar-refractivity contribution in [2.75, 3.05) is 18.0 Å². The van der Waals surface area contributed by atoms with E-state index in [1.54, 1.807) is 6.20 Å². The Labute approximate surface area is 175 Å². The lowest BCUT2D eigenvalue weighted by Gasteiger charge is -2.35. The molecule has 30 heavy (non-hydrogen) atoms. The molecule has 0 bridgehead atoms. The van der Waals surface area contributed by atoms with Crippen LogP contribution in [0, 0.1) is 24.1 Å². The van der Waals surface area contributed by atoms with E-state index in [-0.39, 0.29) is 11.7 Å². The predicted octanol–water partition coefficient (Wildman–Crippen LogP) is 4.26. The summed E-state index contributed by atoms with van der Waals surface area (Å²) in [6.45, 7) is 4.43. The molecule has 2 aliphatic rings. The number of halogens is 1. The van der Waals surface area contributed by atoms with Gasteiger partial charge in [0.1, 0.15) is 23.5 Å². The Kier molecular flexibility index (Phi) is 4.86. The van der Waals surface area contributed by atoms with E-state index in [0.717, 1.165) is 67.3 Å². The molecule has 5 rings (SSSR count). The molecule has 0 spiro atoms. The largest absolute Gasteiger partial charge is 0.369 e. The van der Waals surface area contributed by atoms with E-state index in [2.05, 4.69) is 30.7 Å². The normalized spacial score (nSPS) is 19.4. The summed E-state index contributed by atoms with van der Waals surface area (Å²) in [6.07, 6.45) is 8.24. The minimum absolute atomic E-state index is 0.252. The molecule has 6 nitrogen and oxygen atoms in total. The van der Waals surface area contributed by atoms with E-state index < -0.39 is 0 Å². The van der Waals surface area contributed by atoms with Crippen molar-refractivity contribution in [3.63, 3.8) is 0 Å². The van der Waals surface area contributed by atoms with Crippen molar-refractivity contribution < 1.29 is 4.39 Å². The van der Waals surface area contributed by atoms with Gasteiger partial charge >= 0.3 is 0 Å². The third-order valence-electron chi connectivity index (χ3n) is 6.46. The first kappa shape index (κ1) is 19.0. The molecule has 0 amide bonds. The summed E-state index contributed by atoms with van der Waals surface area (Å²) in [6, 6.07) is 5.28. The highest BCUT2D eigenvalue weighted by Crippen LogP contribution is 2.36. The summed E-state index contributed by atoms with van der Waals surface area (Å²) >= 11 is 0. The number of aryl methyl sites for hydroxylation is 2. The lowest BCUT2D eigenvalue weighted by atomic mass is 9.95. The maximum Gasteiger partial charge on any atom is 0.137 e. The van der Waals surface area contributed by atoms with Crippen LogP contribution in [0.4, 0.5) is 10.1 Å². The Hall–Kier alpha value is -3.01. The number of anilines is 1. The molecular formula is C23H25FN6. The first-order valence-corrected chi connectivity index (χ1v) is 10.8. The molecule has 7 heteroatoms. The Balaban J connectivity index is 1.55. The highest BCUT2D eigenvalue weighted by Gasteiger charge is 2.29. The standard InChI is InChI=1S/C23H25FN6/c1-15-10-18(24)11-19-21(15)26-13-17(12-25)22(19)29-8-5-6-16(14-29)23-28-27-20-7-3-2-4-9-30(20)23/h10-11,13,16H,2-9,14H2,1H3. The molecular weight excluding hydrogens is 379 g/mol. The summed E-state index contributed by atoms with van der Waals surface area (Å²) in [4.78, 5) is 6.67. The number of pyridine rings is 1. The van der Waals surface area contributed by atoms with Gasteiger partial charge in [-0.25, -0.2) is 4.39 Å². The number of hydrogen-bond donors (Lipinski definition) is 0. The van der Waals surface area contributed by atoms with Crippen LogP contribution in [0.3, 0.4) is 0 Å². The zero-order valence-corrected chi connectivity index (χ0v) is 17.2. The summed E-state index contributed by atoms with van der Waals surface area (Å²) in [5.74, 6) is 2.12. The topological polar surface area (TPSA) is 70.6 Å². The van der Waals surface area contributed by atoms with Gasteiger partial charge in [-0.15, -0.1) is 10.2 Å². The zero-order valence-electron chi connectivity index (χ0n) is 17.2. The van der Waals surface area contributed by atoms with Gasteiger partial charge in [0.05, 0.1) is 16.8 Å². The molecule has 2 aromatic heterocycles. The van der Waals surface area contributed by atoms with Crippen molar-refractivity contribution >= 4 is 16.6 Å². The van der Waals surface area contributed by atoms with Crippen LogP contribution in [-0.4, -0.2) is 32.8 Å². The third-order valence-corrected chi connectivity index (χ3v) is 6.46. The van der Waals surface area contributed by atoms with E-state index in [1.807, 2.05) is 6.92 Å².